The number of anilines is 1. The topological polar surface area (TPSA) is 71.3 Å². The summed E-state index contributed by atoms with van der Waals surface area (Å²) in [5.74, 6) is 0.191. The molecule has 0 aliphatic heterocycles. The Morgan fingerprint density at radius 3 is 2.32 bits per heavy atom. The summed E-state index contributed by atoms with van der Waals surface area (Å²) < 4.78 is 5.50. The van der Waals surface area contributed by atoms with Crippen LogP contribution in [0, 0.1) is 6.92 Å². The van der Waals surface area contributed by atoms with Crippen molar-refractivity contribution in [2.24, 2.45) is 0 Å². The van der Waals surface area contributed by atoms with E-state index in [1.165, 1.54) is 0 Å². The third-order valence-corrected chi connectivity index (χ3v) is 3.65. The monoisotopic (exact) mass is 334 g/mol. The van der Waals surface area contributed by atoms with Crippen LogP contribution in [-0.2, 0) is 6.54 Å². The number of hydrogen-bond donors (Lipinski definition) is 2. The predicted molar refractivity (Wildman–Crippen MR) is 95.5 cm³/mol. The first-order chi connectivity index (χ1) is 12.1. The lowest BCUT2D eigenvalue weighted by Crippen LogP contribution is -2.22. The number of amides is 2. The van der Waals surface area contributed by atoms with E-state index < -0.39 is 0 Å². The second-order valence-electron chi connectivity index (χ2n) is 5.63. The van der Waals surface area contributed by atoms with Crippen molar-refractivity contribution < 1.29 is 14.0 Å². The van der Waals surface area contributed by atoms with Gasteiger partial charge in [0.05, 0.1) is 6.54 Å². The summed E-state index contributed by atoms with van der Waals surface area (Å²) in [7, 11) is 0. The summed E-state index contributed by atoms with van der Waals surface area (Å²) in [6.07, 6.45) is 0. The fourth-order valence-corrected chi connectivity index (χ4v) is 2.28. The van der Waals surface area contributed by atoms with E-state index >= 15 is 0 Å². The second-order valence-corrected chi connectivity index (χ2v) is 5.63. The highest BCUT2D eigenvalue weighted by Gasteiger charge is 2.12. The van der Waals surface area contributed by atoms with Crippen LogP contribution in [0.3, 0.4) is 0 Å². The van der Waals surface area contributed by atoms with Gasteiger partial charge in [-0.15, -0.1) is 0 Å². The number of benzene rings is 2. The van der Waals surface area contributed by atoms with Crippen LogP contribution in [-0.4, -0.2) is 11.8 Å². The van der Waals surface area contributed by atoms with E-state index in [4.69, 9.17) is 4.42 Å². The SMILES string of the molecule is Cc1ccc(C(=O)NCc2ccc(C(=O)Nc3ccccc3)o2)cc1. The number of nitrogens with one attached hydrogen (secondary N) is 2. The molecule has 2 amide bonds. The molecule has 126 valence electrons. The first-order valence-electron chi connectivity index (χ1n) is 7.92. The van der Waals surface area contributed by atoms with E-state index in [1.54, 1.807) is 36.4 Å². The molecule has 2 aromatic carbocycles. The minimum atomic E-state index is -0.331. The van der Waals surface area contributed by atoms with Crippen LogP contribution in [0.5, 0.6) is 0 Å². The maximum absolute atomic E-state index is 12.1. The summed E-state index contributed by atoms with van der Waals surface area (Å²) in [6.45, 7) is 2.18. The molecule has 0 bridgehead atoms. The molecule has 1 heterocycles. The summed E-state index contributed by atoms with van der Waals surface area (Å²) >= 11 is 0. The molecular formula is C20H18N2O3. The molecule has 0 saturated carbocycles. The highest BCUT2D eigenvalue weighted by Crippen LogP contribution is 2.12. The van der Waals surface area contributed by atoms with Crippen molar-refractivity contribution >= 4 is 17.5 Å². The van der Waals surface area contributed by atoms with E-state index in [0.717, 1.165) is 5.56 Å². The molecule has 25 heavy (non-hydrogen) atoms. The molecule has 0 aliphatic carbocycles. The Hall–Kier alpha value is -3.34. The zero-order valence-electron chi connectivity index (χ0n) is 13.8. The van der Waals surface area contributed by atoms with Gasteiger partial charge in [0, 0.05) is 11.3 Å². The van der Waals surface area contributed by atoms with Crippen molar-refractivity contribution in [1.29, 1.82) is 0 Å². The molecule has 5 heteroatoms. The van der Waals surface area contributed by atoms with Gasteiger partial charge in [0.1, 0.15) is 5.76 Å². The number of para-hydroxylation sites is 1. The lowest BCUT2D eigenvalue weighted by Gasteiger charge is -2.04. The first kappa shape index (κ1) is 16.5. The smallest absolute Gasteiger partial charge is 0.291 e. The second kappa shape index (κ2) is 7.49. The number of hydrogen-bond acceptors (Lipinski definition) is 3. The Morgan fingerprint density at radius 1 is 0.880 bits per heavy atom. The summed E-state index contributed by atoms with van der Waals surface area (Å²) in [5, 5.41) is 5.52. The van der Waals surface area contributed by atoms with Crippen LogP contribution < -0.4 is 10.6 Å². The average molecular weight is 334 g/mol. The molecule has 0 fully saturated rings. The van der Waals surface area contributed by atoms with Gasteiger partial charge < -0.3 is 15.1 Å². The standard InChI is InChI=1S/C20H18N2O3/c1-14-7-9-15(10-8-14)19(23)21-13-17-11-12-18(25-17)20(24)22-16-5-3-2-4-6-16/h2-12H,13H2,1H3,(H,21,23)(H,22,24). The molecule has 0 unspecified atom stereocenters. The molecule has 0 radical (unpaired) electrons. The quantitative estimate of drug-likeness (QED) is 0.746. The van der Waals surface area contributed by atoms with E-state index in [0.29, 0.717) is 17.0 Å². The minimum absolute atomic E-state index is 0.188. The number of carbonyl (C=O) groups excluding carboxylic acids is 2. The zero-order valence-corrected chi connectivity index (χ0v) is 13.8. The van der Waals surface area contributed by atoms with Crippen molar-refractivity contribution in [1.82, 2.24) is 5.32 Å². The maximum Gasteiger partial charge on any atom is 0.291 e. The molecule has 0 saturated heterocycles. The van der Waals surface area contributed by atoms with Crippen molar-refractivity contribution in [3.8, 4) is 0 Å². The molecule has 1 aromatic heterocycles. The number of rotatable bonds is 5. The van der Waals surface area contributed by atoms with Crippen LogP contribution in [0.1, 0.15) is 32.2 Å². The average Bonchev–Trinajstić information content (AvgIpc) is 3.10. The summed E-state index contributed by atoms with van der Waals surface area (Å²) in [5.41, 5.74) is 2.37. The molecule has 5 nitrogen and oxygen atoms in total. The molecule has 0 aliphatic rings. The van der Waals surface area contributed by atoms with Gasteiger partial charge in [0.25, 0.3) is 11.8 Å². The summed E-state index contributed by atoms with van der Waals surface area (Å²) in [6, 6.07) is 19.7. The molecular weight excluding hydrogens is 316 g/mol. The minimum Gasteiger partial charge on any atom is -0.454 e. The van der Waals surface area contributed by atoms with E-state index in [-0.39, 0.29) is 24.1 Å². The maximum atomic E-state index is 12.1. The van der Waals surface area contributed by atoms with Crippen LogP contribution in [0.15, 0.2) is 71.1 Å². The highest BCUT2D eigenvalue weighted by atomic mass is 16.4. The van der Waals surface area contributed by atoms with Crippen LogP contribution in [0.2, 0.25) is 0 Å². The van der Waals surface area contributed by atoms with Crippen molar-refractivity contribution in [2.45, 2.75) is 13.5 Å². The van der Waals surface area contributed by atoms with Gasteiger partial charge in [-0.25, -0.2) is 0 Å². The number of carbonyl (C=O) groups is 2. The van der Waals surface area contributed by atoms with Crippen molar-refractivity contribution in [3.63, 3.8) is 0 Å². The number of furan rings is 1. The van der Waals surface area contributed by atoms with Crippen LogP contribution in [0.4, 0.5) is 5.69 Å². The van der Waals surface area contributed by atoms with Gasteiger partial charge in [-0.05, 0) is 43.3 Å². The fourth-order valence-electron chi connectivity index (χ4n) is 2.28. The van der Waals surface area contributed by atoms with Crippen molar-refractivity contribution in [2.75, 3.05) is 5.32 Å². The number of aryl methyl sites for hydroxylation is 1. The molecule has 3 rings (SSSR count). The van der Waals surface area contributed by atoms with Gasteiger partial charge in [0.2, 0.25) is 0 Å². The van der Waals surface area contributed by atoms with E-state index in [9.17, 15) is 9.59 Å². The van der Waals surface area contributed by atoms with E-state index in [1.807, 2.05) is 37.3 Å². The Kier molecular flexibility index (Phi) is 4.95. The van der Waals surface area contributed by atoms with Gasteiger partial charge in [-0.3, -0.25) is 9.59 Å². The first-order valence-corrected chi connectivity index (χ1v) is 7.92. The van der Waals surface area contributed by atoms with Gasteiger partial charge >= 0.3 is 0 Å². The molecule has 0 spiro atoms. The molecule has 0 atom stereocenters. The van der Waals surface area contributed by atoms with E-state index in [2.05, 4.69) is 10.6 Å². The Labute approximate surface area is 145 Å². The zero-order chi connectivity index (χ0) is 17.6. The normalized spacial score (nSPS) is 10.3. The predicted octanol–water partition coefficient (Wildman–Crippen LogP) is 3.77. The Morgan fingerprint density at radius 2 is 1.60 bits per heavy atom. The largest absolute Gasteiger partial charge is 0.454 e. The van der Waals surface area contributed by atoms with Gasteiger partial charge in [0.15, 0.2) is 5.76 Å². The third kappa shape index (κ3) is 4.35. The lowest BCUT2D eigenvalue weighted by molar-refractivity contribution is 0.0948. The molecule has 2 N–H and O–H groups in total. The van der Waals surface area contributed by atoms with Crippen LogP contribution in [0.25, 0.3) is 0 Å². The Balaban J connectivity index is 1.57. The van der Waals surface area contributed by atoms with Crippen LogP contribution >= 0.6 is 0 Å². The highest BCUT2D eigenvalue weighted by molar-refractivity contribution is 6.02. The lowest BCUT2D eigenvalue weighted by atomic mass is 10.1. The fraction of sp³-hybridized carbons (Fsp3) is 0.100. The van der Waals surface area contributed by atoms with Crippen molar-refractivity contribution in [3.05, 3.63) is 89.4 Å². The Bertz CT molecular complexity index is 867. The van der Waals surface area contributed by atoms with Gasteiger partial charge in [-0.1, -0.05) is 35.9 Å². The third-order valence-electron chi connectivity index (χ3n) is 3.65. The van der Waals surface area contributed by atoms with Gasteiger partial charge in [-0.2, -0.15) is 0 Å². The summed E-state index contributed by atoms with van der Waals surface area (Å²) in [4.78, 5) is 24.2. The molecule has 3 aromatic rings.